The summed E-state index contributed by atoms with van der Waals surface area (Å²) >= 11 is 6.34. The van der Waals surface area contributed by atoms with Crippen LogP contribution in [0.4, 0.5) is 5.69 Å². The van der Waals surface area contributed by atoms with E-state index < -0.39 is 0 Å². The molecule has 2 aliphatic heterocycles. The van der Waals surface area contributed by atoms with E-state index in [1.165, 1.54) is 5.69 Å². The average Bonchev–Trinajstić information content (AvgIpc) is 3.60. The summed E-state index contributed by atoms with van der Waals surface area (Å²) in [4.78, 5) is 12.3. The Morgan fingerprint density at radius 2 is 1.91 bits per heavy atom. The fourth-order valence-electron chi connectivity index (χ4n) is 4.88. The van der Waals surface area contributed by atoms with Crippen LogP contribution in [0.25, 0.3) is 10.9 Å². The summed E-state index contributed by atoms with van der Waals surface area (Å²) in [6, 6.07) is 10.3. The van der Waals surface area contributed by atoms with Gasteiger partial charge in [-0.05, 0) is 30.7 Å². The molecule has 0 aliphatic carbocycles. The minimum absolute atomic E-state index is 0.264. The SMILES string of the molecule is Cc1c(Cl)cccc1N1CCN(CCc2nn(Cc3c[nH]cn3)c3cc4c(cc23)OCO4)CC1. The van der Waals surface area contributed by atoms with Crippen LogP contribution in [-0.2, 0) is 13.0 Å². The number of halogens is 1. The molecule has 1 saturated heterocycles. The van der Waals surface area contributed by atoms with Crippen LogP contribution in [0.5, 0.6) is 11.5 Å². The van der Waals surface area contributed by atoms with Crippen molar-refractivity contribution in [3.05, 3.63) is 64.8 Å². The molecule has 34 heavy (non-hydrogen) atoms. The van der Waals surface area contributed by atoms with Crippen molar-refractivity contribution in [3.8, 4) is 11.5 Å². The van der Waals surface area contributed by atoms with Crippen molar-refractivity contribution < 1.29 is 9.47 Å². The number of rotatable bonds is 6. The number of H-pyrrole nitrogens is 1. The Morgan fingerprint density at radius 1 is 1.09 bits per heavy atom. The lowest BCUT2D eigenvalue weighted by molar-refractivity contribution is 0.174. The smallest absolute Gasteiger partial charge is 0.231 e. The third-order valence-corrected chi connectivity index (χ3v) is 7.21. The summed E-state index contributed by atoms with van der Waals surface area (Å²) in [7, 11) is 0. The van der Waals surface area contributed by atoms with Gasteiger partial charge in [0.1, 0.15) is 0 Å². The molecule has 0 unspecified atom stereocenters. The van der Waals surface area contributed by atoms with Gasteiger partial charge in [-0.25, -0.2) is 4.98 Å². The number of anilines is 1. The van der Waals surface area contributed by atoms with Crippen LogP contribution >= 0.6 is 11.6 Å². The Labute approximate surface area is 203 Å². The normalized spacial score (nSPS) is 16.0. The fourth-order valence-corrected chi connectivity index (χ4v) is 5.05. The number of nitrogens with zero attached hydrogens (tertiary/aromatic N) is 5. The van der Waals surface area contributed by atoms with Crippen molar-refractivity contribution in [1.29, 1.82) is 0 Å². The van der Waals surface area contributed by atoms with E-state index in [1.807, 2.05) is 29.1 Å². The molecule has 4 heterocycles. The number of hydrogen-bond donors (Lipinski definition) is 1. The Kier molecular flexibility index (Phi) is 5.55. The third kappa shape index (κ3) is 3.97. The molecule has 1 fully saturated rings. The van der Waals surface area contributed by atoms with E-state index in [0.29, 0.717) is 6.54 Å². The van der Waals surface area contributed by atoms with Crippen LogP contribution in [0, 0.1) is 6.92 Å². The van der Waals surface area contributed by atoms with Gasteiger partial charge < -0.3 is 19.4 Å². The maximum Gasteiger partial charge on any atom is 0.231 e. The fraction of sp³-hybridized carbons (Fsp3) is 0.360. The van der Waals surface area contributed by atoms with Crippen molar-refractivity contribution in [2.75, 3.05) is 44.4 Å². The Hall–Kier alpha value is -3.23. The summed E-state index contributed by atoms with van der Waals surface area (Å²) in [5.41, 5.74) is 5.47. The molecule has 0 amide bonds. The highest BCUT2D eigenvalue weighted by molar-refractivity contribution is 6.31. The van der Waals surface area contributed by atoms with Gasteiger partial charge >= 0.3 is 0 Å². The largest absolute Gasteiger partial charge is 0.454 e. The highest BCUT2D eigenvalue weighted by Crippen LogP contribution is 2.37. The summed E-state index contributed by atoms with van der Waals surface area (Å²) < 4.78 is 13.3. The van der Waals surface area contributed by atoms with Gasteiger partial charge in [0, 0.05) is 67.5 Å². The molecule has 2 aliphatic rings. The number of aromatic nitrogens is 4. The van der Waals surface area contributed by atoms with Gasteiger partial charge in [-0.15, -0.1) is 0 Å². The number of aromatic amines is 1. The lowest BCUT2D eigenvalue weighted by Crippen LogP contribution is -2.47. The molecular weight excluding hydrogens is 452 g/mol. The van der Waals surface area contributed by atoms with Crippen molar-refractivity contribution >= 4 is 28.2 Å². The van der Waals surface area contributed by atoms with Crippen LogP contribution in [0.15, 0.2) is 42.9 Å². The van der Waals surface area contributed by atoms with Crippen LogP contribution in [0.2, 0.25) is 5.02 Å². The van der Waals surface area contributed by atoms with Crippen molar-refractivity contribution in [2.24, 2.45) is 0 Å². The van der Waals surface area contributed by atoms with Gasteiger partial charge in [0.05, 0.1) is 29.8 Å². The minimum Gasteiger partial charge on any atom is -0.454 e. The summed E-state index contributed by atoms with van der Waals surface area (Å²) in [6.45, 7) is 7.96. The minimum atomic E-state index is 0.264. The first-order valence-corrected chi connectivity index (χ1v) is 12.0. The summed E-state index contributed by atoms with van der Waals surface area (Å²) in [5, 5.41) is 6.92. The summed E-state index contributed by atoms with van der Waals surface area (Å²) in [6.07, 6.45) is 4.47. The average molecular weight is 479 g/mol. The Morgan fingerprint density at radius 3 is 2.71 bits per heavy atom. The first-order chi connectivity index (χ1) is 16.7. The lowest BCUT2D eigenvalue weighted by atomic mass is 10.1. The van der Waals surface area contributed by atoms with E-state index in [0.717, 1.165) is 83.5 Å². The lowest BCUT2D eigenvalue weighted by Gasteiger charge is -2.36. The molecule has 0 saturated carbocycles. The zero-order valence-corrected chi connectivity index (χ0v) is 19.9. The molecule has 8 nitrogen and oxygen atoms in total. The molecule has 4 aromatic rings. The first-order valence-electron chi connectivity index (χ1n) is 11.6. The molecule has 6 rings (SSSR count). The predicted molar refractivity (Wildman–Crippen MR) is 132 cm³/mol. The number of benzene rings is 2. The van der Waals surface area contributed by atoms with E-state index >= 15 is 0 Å². The van der Waals surface area contributed by atoms with Crippen LogP contribution in [-0.4, -0.2) is 64.2 Å². The van der Waals surface area contributed by atoms with E-state index in [9.17, 15) is 0 Å². The van der Waals surface area contributed by atoms with Gasteiger partial charge in [0.2, 0.25) is 6.79 Å². The second-order valence-electron chi connectivity index (χ2n) is 8.85. The van der Waals surface area contributed by atoms with Gasteiger partial charge in [0.25, 0.3) is 0 Å². The maximum absolute atomic E-state index is 6.34. The van der Waals surface area contributed by atoms with Crippen LogP contribution < -0.4 is 14.4 Å². The molecular formula is C25H27ClN6O2. The quantitative estimate of drug-likeness (QED) is 0.453. The summed E-state index contributed by atoms with van der Waals surface area (Å²) in [5.74, 6) is 1.56. The molecule has 1 N–H and O–H groups in total. The van der Waals surface area contributed by atoms with E-state index in [2.05, 4.69) is 38.8 Å². The van der Waals surface area contributed by atoms with Gasteiger partial charge in [-0.3, -0.25) is 9.58 Å². The second kappa shape index (κ2) is 8.85. The third-order valence-electron chi connectivity index (χ3n) is 6.80. The highest BCUT2D eigenvalue weighted by atomic mass is 35.5. The predicted octanol–water partition coefficient (Wildman–Crippen LogP) is 3.86. The monoisotopic (exact) mass is 478 g/mol. The highest BCUT2D eigenvalue weighted by Gasteiger charge is 2.22. The second-order valence-corrected chi connectivity index (χ2v) is 9.26. The number of fused-ring (bicyclic) bond motifs is 2. The number of piperazine rings is 1. The standard InChI is InChI=1S/C25H27ClN6O2/c1-17-20(26)3-2-4-22(17)31-9-7-30(8-10-31)6-5-21-19-11-24-25(34-16-33-24)12-23(19)32(29-21)14-18-13-27-15-28-18/h2-4,11-13,15H,5-10,14,16H2,1H3,(H,27,28). The molecule has 0 atom stereocenters. The number of nitrogens with one attached hydrogen (secondary N) is 1. The van der Waals surface area contributed by atoms with E-state index in [-0.39, 0.29) is 6.79 Å². The molecule has 9 heteroatoms. The van der Waals surface area contributed by atoms with Gasteiger partial charge in [-0.2, -0.15) is 5.10 Å². The van der Waals surface area contributed by atoms with Gasteiger partial charge in [-0.1, -0.05) is 17.7 Å². The molecule has 2 aromatic heterocycles. The number of hydrogen-bond acceptors (Lipinski definition) is 6. The van der Waals surface area contributed by atoms with Crippen molar-refractivity contribution in [2.45, 2.75) is 19.9 Å². The number of ether oxygens (including phenoxy) is 2. The van der Waals surface area contributed by atoms with E-state index in [1.54, 1.807) is 6.33 Å². The van der Waals surface area contributed by atoms with Crippen molar-refractivity contribution in [3.63, 3.8) is 0 Å². The zero-order valence-electron chi connectivity index (χ0n) is 19.1. The molecule has 2 aromatic carbocycles. The molecule has 0 radical (unpaired) electrons. The Balaban J connectivity index is 1.17. The number of imidazole rings is 1. The maximum atomic E-state index is 6.34. The molecule has 0 spiro atoms. The van der Waals surface area contributed by atoms with E-state index in [4.69, 9.17) is 26.2 Å². The first kappa shape index (κ1) is 21.3. The van der Waals surface area contributed by atoms with Gasteiger partial charge in [0.15, 0.2) is 11.5 Å². The molecule has 176 valence electrons. The Bertz CT molecular complexity index is 1310. The van der Waals surface area contributed by atoms with Crippen molar-refractivity contribution in [1.82, 2.24) is 24.6 Å². The molecule has 0 bridgehead atoms. The van der Waals surface area contributed by atoms with Crippen LogP contribution in [0.3, 0.4) is 0 Å². The van der Waals surface area contributed by atoms with Crippen LogP contribution in [0.1, 0.15) is 17.0 Å². The topological polar surface area (TPSA) is 71.4 Å². The zero-order chi connectivity index (χ0) is 23.1.